The average Bonchev–Trinajstić information content (AvgIpc) is 2.74. The minimum Gasteiger partial charge on any atom is -0.460 e. The Kier molecular flexibility index (Phi) is 12.8. The van der Waals surface area contributed by atoms with Gasteiger partial charge in [0.25, 0.3) is 0 Å². The van der Waals surface area contributed by atoms with E-state index in [9.17, 15) is 14.4 Å². The lowest BCUT2D eigenvalue weighted by Gasteiger charge is -2.40. The van der Waals surface area contributed by atoms with Crippen molar-refractivity contribution >= 4 is 32.1 Å². The predicted octanol–water partition coefficient (Wildman–Crippen LogP) is 5.03. The summed E-state index contributed by atoms with van der Waals surface area (Å²) >= 11 is 0. The number of ether oxygens (including phenoxy) is 2. The number of rotatable bonds is 11. The molecule has 1 aromatic carbocycles. The monoisotopic (exact) mass is 592 g/mol. The zero-order valence-electron chi connectivity index (χ0n) is 26.8. The van der Waals surface area contributed by atoms with E-state index < -0.39 is 31.7 Å². The molecule has 0 bridgehead atoms. The molecule has 11 heteroatoms. The molecule has 41 heavy (non-hydrogen) atoms. The number of carbonyl (C=O) groups excluding carboxylic acids is 3. The van der Waals surface area contributed by atoms with Crippen LogP contribution in [0.15, 0.2) is 24.3 Å². The minimum atomic E-state index is -2.18. The Labute approximate surface area is 247 Å². The normalized spacial score (nSPS) is 14.0. The number of benzene rings is 1. The lowest BCUT2D eigenvalue weighted by molar-refractivity contribution is -0.155. The van der Waals surface area contributed by atoms with Crippen LogP contribution in [0.3, 0.4) is 0 Å². The third kappa shape index (κ3) is 14.6. The van der Waals surface area contributed by atoms with Gasteiger partial charge in [0, 0.05) is 18.2 Å². The molecule has 0 aliphatic rings. The quantitative estimate of drug-likeness (QED) is 0.122. The molecule has 0 heterocycles. The van der Waals surface area contributed by atoms with E-state index in [4.69, 9.17) is 25.0 Å². The Balaban J connectivity index is 2.80. The SMILES string of the molecule is CC(C)(C)OC(=O)C[C@@H](N)C[C@@H](CNC(=O)Cc1ccc(C(=N)NC(=O)OC(C)(C)C)cc1)O[Si](C)(C)C(C)(C)C. The van der Waals surface area contributed by atoms with E-state index in [-0.39, 0.29) is 48.2 Å². The first kappa shape index (κ1) is 36.3. The second-order valence-electron chi connectivity index (χ2n) is 14.0. The fourth-order valence-corrected chi connectivity index (χ4v) is 4.89. The largest absolute Gasteiger partial charge is 0.460 e. The van der Waals surface area contributed by atoms with E-state index in [0.717, 1.165) is 5.56 Å². The molecule has 1 rings (SSSR count). The van der Waals surface area contributed by atoms with Gasteiger partial charge in [-0.05, 0) is 71.7 Å². The lowest BCUT2D eigenvalue weighted by Crippen LogP contribution is -2.49. The van der Waals surface area contributed by atoms with Crippen molar-refractivity contribution in [1.29, 1.82) is 5.41 Å². The molecule has 0 spiro atoms. The van der Waals surface area contributed by atoms with Gasteiger partial charge in [0.2, 0.25) is 5.91 Å². The minimum absolute atomic E-state index is 0.0433. The maximum atomic E-state index is 12.8. The number of amides is 2. The highest BCUT2D eigenvalue weighted by Crippen LogP contribution is 2.37. The summed E-state index contributed by atoms with van der Waals surface area (Å²) in [5.41, 5.74) is 6.30. The summed E-state index contributed by atoms with van der Waals surface area (Å²) in [7, 11) is -2.18. The van der Waals surface area contributed by atoms with Crippen LogP contribution in [0.5, 0.6) is 0 Å². The first-order valence-corrected chi connectivity index (χ1v) is 17.0. The van der Waals surface area contributed by atoms with Crippen molar-refractivity contribution in [3.05, 3.63) is 35.4 Å². The summed E-state index contributed by atoms with van der Waals surface area (Å²) in [6.07, 6.45) is -0.477. The van der Waals surface area contributed by atoms with Gasteiger partial charge in [-0.25, -0.2) is 4.79 Å². The van der Waals surface area contributed by atoms with E-state index in [1.54, 1.807) is 45.0 Å². The Bertz CT molecular complexity index is 1050. The van der Waals surface area contributed by atoms with Crippen LogP contribution >= 0.6 is 0 Å². The van der Waals surface area contributed by atoms with Gasteiger partial charge in [-0.1, -0.05) is 45.0 Å². The van der Waals surface area contributed by atoms with Crippen molar-refractivity contribution in [1.82, 2.24) is 10.6 Å². The van der Waals surface area contributed by atoms with Crippen molar-refractivity contribution in [2.24, 2.45) is 5.73 Å². The smallest absolute Gasteiger partial charge is 0.413 e. The van der Waals surface area contributed by atoms with Crippen LogP contribution in [-0.4, -0.2) is 62.0 Å². The molecule has 0 saturated heterocycles. The van der Waals surface area contributed by atoms with Gasteiger partial charge >= 0.3 is 12.1 Å². The van der Waals surface area contributed by atoms with Crippen molar-refractivity contribution < 1.29 is 28.3 Å². The summed E-state index contributed by atoms with van der Waals surface area (Å²) in [6, 6.07) is 6.33. The highest BCUT2D eigenvalue weighted by atomic mass is 28.4. The number of hydrogen-bond acceptors (Lipinski definition) is 8. The van der Waals surface area contributed by atoms with Crippen molar-refractivity contribution in [3.8, 4) is 0 Å². The maximum absolute atomic E-state index is 12.8. The van der Waals surface area contributed by atoms with Gasteiger partial charge in [-0.2, -0.15) is 0 Å². The summed E-state index contributed by atoms with van der Waals surface area (Å²) in [4.78, 5) is 37.0. The topological polar surface area (TPSA) is 153 Å². The van der Waals surface area contributed by atoms with E-state index in [1.165, 1.54) is 0 Å². The van der Waals surface area contributed by atoms with Crippen molar-refractivity contribution in [3.63, 3.8) is 0 Å². The Morgan fingerprint density at radius 3 is 1.95 bits per heavy atom. The number of nitrogens with one attached hydrogen (secondary N) is 3. The second kappa shape index (κ2) is 14.4. The Morgan fingerprint density at radius 1 is 0.927 bits per heavy atom. The number of amidine groups is 1. The van der Waals surface area contributed by atoms with E-state index in [1.807, 2.05) is 20.8 Å². The Hall–Kier alpha value is -2.76. The molecule has 1 aromatic rings. The molecule has 0 unspecified atom stereocenters. The van der Waals surface area contributed by atoms with Gasteiger partial charge in [-0.15, -0.1) is 0 Å². The Morgan fingerprint density at radius 2 is 1.46 bits per heavy atom. The molecule has 232 valence electrons. The first-order valence-electron chi connectivity index (χ1n) is 14.1. The molecule has 2 atom stereocenters. The summed E-state index contributed by atoms with van der Waals surface area (Å²) in [6.45, 7) is 21.6. The average molecular weight is 593 g/mol. The summed E-state index contributed by atoms with van der Waals surface area (Å²) in [5, 5.41) is 13.4. The standard InChI is InChI=1S/C30H52N4O6Si/c1-28(2,3)38-25(36)18-22(31)17-23(40-41(10,11)30(7,8)9)19-33-24(35)16-20-12-14-21(15-13-20)26(32)34-27(37)39-29(4,5)6/h12-15,22-23H,16-19,31H2,1-11H3,(H,33,35)(H2,32,34,37)/t22-,23-/m0/s1. The maximum Gasteiger partial charge on any atom is 0.413 e. The predicted molar refractivity (Wildman–Crippen MR) is 164 cm³/mol. The highest BCUT2D eigenvalue weighted by Gasteiger charge is 2.39. The highest BCUT2D eigenvalue weighted by molar-refractivity contribution is 6.74. The van der Waals surface area contributed by atoms with E-state index >= 15 is 0 Å². The third-order valence-electron chi connectivity index (χ3n) is 6.44. The van der Waals surface area contributed by atoms with Crippen LogP contribution in [0.25, 0.3) is 0 Å². The molecule has 0 fully saturated rings. The van der Waals surface area contributed by atoms with Crippen LogP contribution < -0.4 is 16.4 Å². The van der Waals surface area contributed by atoms with Crippen LogP contribution in [-0.2, 0) is 29.9 Å². The van der Waals surface area contributed by atoms with Crippen molar-refractivity contribution in [2.45, 2.75) is 123 Å². The van der Waals surface area contributed by atoms with Crippen LogP contribution in [0.1, 0.15) is 86.3 Å². The number of hydrogen-bond donors (Lipinski definition) is 4. The summed E-state index contributed by atoms with van der Waals surface area (Å²) < 4.78 is 17.2. The molecule has 5 N–H and O–H groups in total. The molecule has 10 nitrogen and oxygen atoms in total. The van der Waals surface area contributed by atoms with E-state index in [2.05, 4.69) is 44.5 Å². The van der Waals surface area contributed by atoms with Gasteiger partial charge in [-0.3, -0.25) is 20.3 Å². The number of esters is 1. The van der Waals surface area contributed by atoms with Gasteiger partial charge in [0.15, 0.2) is 8.32 Å². The van der Waals surface area contributed by atoms with Crippen LogP contribution in [0.4, 0.5) is 4.79 Å². The molecule has 0 aliphatic heterocycles. The van der Waals surface area contributed by atoms with Gasteiger partial charge in [0.1, 0.15) is 17.0 Å². The number of carbonyl (C=O) groups is 3. The number of nitrogens with two attached hydrogens (primary N) is 1. The first-order chi connectivity index (χ1) is 18.5. The summed E-state index contributed by atoms with van der Waals surface area (Å²) in [5.74, 6) is -0.647. The fraction of sp³-hybridized carbons (Fsp3) is 0.667. The molecular formula is C30H52N4O6Si. The van der Waals surface area contributed by atoms with E-state index in [0.29, 0.717) is 12.0 Å². The lowest BCUT2D eigenvalue weighted by atomic mass is 10.1. The second-order valence-corrected chi connectivity index (χ2v) is 18.7. The molecular weight excluding hydrogens is 540 g/mol. The molecule has 0 saturated carbocycles. The zero-order valence-corrected chi connectivity index (χ0v) is 27.8. The van der Waals surface area contributed by atoms with Crippen LogP contribution in [0, 0.1) is 5.41 Å². The molecule has 0 radical (unpaired) electrons. The van der Waals surface area contributed by atoms with Gasteiger partial charge in [0.05, 0.1) is 18.9 Å². The van der Waals surface area contributed by atoms with Gasteiger partial charge < -0.3 is 25.0 Å². The molecule has 2 amide bonds. The zero-order chi connectivity index (χ0) is 31.8. The van der Waals surface area contributed by atoms with Crippen LogP contribution in [0.2, 0.25) is 18.1 Å². The molecule has 0 aliphatic carbocycles. The molecule has 0 aromatic heterocycles. The third-order valence-corrected chi connectivity index (χ3v) is 11.0. The number of alkyl carbamates (subject to hydrolysis) is 1. The fourth-order valence-electron chi connectivity index (χ4n) is 3.53. The van der Waals surface area contributed by atoms with Crippen molar-refractivity contribution in [2.75, 3.05) is 6.54 Å².